The monoisotopic (exact) mass is 459 g/mol. The Bertz CT molecular complexity index is 1210. The number of hydrogen-bond acceptors (Lipinski definition) is 6. The van der Waals surface area contributed by atoms with Crippen molar-refractivity contribution in [1.82, 2.24) is 14.9 Å². The zero-order chi connectivity index (χ0) is 23.7. The number of nitrogens with two attached hydrogens (primary N) is 1. The number of carbonyl (C=O) groups is 1. The van der Waals surface area contributed by atoms with E-state index in [1.54, 1.807) is 7.11 Å². The van der Waals surface area contributed by atoms with Crippen molar-refractivity contribution >= 4 is 22.8 Å². The molecule has 1 atom stereocenters. The predicted molar refractivity (Wildman–Crippen MR) is 135 cm³/mol. The summed E-state index contributed by atoms with van der Waals surface area (Å²) in [6, 6.07) is 10.6. The van der Waals surface area contributed by atoms with Gasteiger partial charge in [-0.1, -0.05) is 12.1 Å². The van der Waals surface area contributed by atoms with E-state index in [9.17, 15) is 4.79 Å². The molecular formula is C27H33N5O2. The Hall–Kier alpha value is -3.03. The van der Waals surface area contributed by atoms with Gasteiger partial charge < -0.3 is 15.8 Å². The molecule has 34 heavy (non-hydrogen) atoms. The number of benzene rings is 2. The van der Waals surface area contributed by atoms with Gasteiger partial charge in [0.2, 0.25) is 11.9 Å². The average molecular weight is 460 g/mol. The lowest BCUT2D eigenvalue weighted by atomic mass is 9.88. The summed E-state index contributed by atoms with van der Waals surface area (Å²) in [4.78, 5) is 23.9. The maximum absolute atomic E-state index is 12.1. The lowest BCUT2D eigenvalue weighted by Crippen LogP contribution is -2.37. The quantitative estimate of drug-likeness (QED) is 0.500. The summed E-state index contributed by atoms with van der Waals surface area (Å²) < 4.78 is 5.24. The topological polar surface area (TPSA) is 93.4 Å². The Morgan fingerprint density at radius 2 is 2.09 bits per heavy atom. The molecule has 2 aromatic carbocycles. The number of rotatable bonds is 9. The Morgan fingerprint density at radius 1 is 1.24 bits per heavy atom. The normalized spacial score (nSPS) is 18.5. The number of aryl methyl sites for hydroxylation is 1. The van der Waals surface area contributed by atoms with Crippen molar-refractivity contribution in [2.75, 3.05) is 38.7 Å². The molecule has 5 rings (SSSR count). The van der Waals surface area contributed by atoms with Crippen molar-refractivity contribution in [1.29, 1.82) is 0 Å². The molecule has 0 spiro atoms. The van der Waals surface area contributed by atoms with Crippen molar-refractivity contribution < 1.29 is 9.53 Å². The Morgan fingerprint density at radius 3 is 2.85 bits per heavy atom. The van der Waals surface area contributed by atoms with Gasteiger partial charge in [-0.3, -0.25) is 9.69 Å². The van der Waals surface area contributed by atoms with Crippen LogP contribution in [0.5, 0.6) is 0 Å². The zero-order valence-electron chi connectivity index (χ0n) is 20.0. The van der Waals surface area contributed by atoms with E-state index in [0.717, 1.165) is 72.2 Å². The number of carbonyl (C=O) groups excluding carboxylic acids is 1. The molecule has 1 aliphatic heterocycles. The molecule has 1 aromatic heterocycles. The molecule has 0 radical (unpaired) electrons. The molecule has 1 aliphatic carbocycles. The predicted octanol–water partition coefficient (Wildman–Crippen LogP) is 4.10. The second kappa shape index (κ2) is 9.68. The lowest BCUT2D eigenvalue weighted by Gasteiger charge is -2.24. The summed E-state index contributed by atoms with van der Waals surface area (Å²) in [5, 5.41) is 4.42. The number of nitrogens with one attached hydrogen (secondary N) is 1. The fourth-order valence-corrected chi connectivity index (χ4v) is 5.24. The summed E-state index contributed by atoms with van der Waals surface area (Å²) in [5.74, 6) is 0.713. The molecule has 7 nitrogen and oxygen atoms in total. The van der Waals surface area contributed by atoms with Gasteiger partial charge in [-0.2, -0.15) is 0 Å². The number of aromatic nitrogens is 2. The van der Waals surface area contributed by atoms with E-state index >= 15 is 0 Å². The minimum Gasteiger partial charge on any atom is -0.383 e. The maximum Gasteiger partial charge on any atom is 0.249 e. The highest BCUT2D eigenvalue weighted by atomic mass is 16.5. The number of likely N-dealkylation sites (tertiary alicyclic amines) is 1. The Balaban J connectivity index is 1.38. The molecular weight excluding hydrogens is 426 g/mol. The highest BCUT2D eigenvalue weighted by Crippen LogP contribution is 2.47. The van der Waals surface area contributed by atoms with Gasteiger partial charge in [0, 0.05) is 43.4 Å². The van der Waals surface area contributed by atoms with E-state index in [0.29, 0.717) is 23.5 Å². The molecule has 1 saturated heterocycles. The second-order valence-electron chi connectivity index (χ2n) is 9.53. The number of anilines is 1. The van der Waals surface area contributed by atoms with E-state index in [-0.39, 0.29) is 5.91 Å². The third kappa shape index (κ3) is 4.63. The van der Waals surface area contributed by atoms with Gasteiger partial charge in [0.05, 0.1) is 12.1 Å². The van der Waals surface area contributed by atoms with Crippen LogP contribution in [-0.2, 0) is 4.74 Å². The molecule has 0 bridgehead atoms. The van der Waals surface area contributed by atoms with Crippen molar-refractivity contribution in [2.24, 2.45) is 5.73 Å². The van der Waals surface area contributed by atoms with E-state index < -0.39 is 0 Å². The van der Waals surface area contributed by atoms with Gasteiger partial charge in [-0.05, 0) is 85.5 Å². The minimum atomic E-state index is -0.356. The highest BCUT2D eigenvalue weighted by molar-refractivity contribution is 5.98. The van der Waals surface area contributed by atoms with Gasteiger partial charge in [0.25, 0.3) is 0 Å². The van der Waals surface area contributed by atoms with E-state index in [4.69, 9.17) is 15.5 Å². The van der Waals surface area contributed by atoms with Gasteiger partial charge in [0.1, 0.15) is 0 Å². The molecule has 3 N–H and O–H groups in total. The maximum atomic E-state index is 12.1. The van der Waals surface area contributed by atoms with Crippen molar-refractivity contribution in [2.45, 2.75) is 44.6 Å². The van der Waals surface area contributed by atoms with Crippen LogP contribution in [-0.4, -0.2) is 60.2 Å². The van der Waals surface area contributed by atoms with Crippen LogP contribution in [0.4, 0.5) is 5.95 Å². The van der Waals surface area contributed by atoms with Crippen LogP contribution in [0, 0.1) is 6.92 Å². The average Bonchev–Trinajstić information content (AvgIpc) is 3.59. The van der Waals surface area contributed by atoms with Crippen LogP contribution >= 0.6 is 0 Å². The summed E-state index contributed by atoms with van der Waals surface area (Å²) in [6.07, 6.45) is 6.49. The Kier molecular flexibility index (Phi) is 6.48. The lowest BCUT2D eigenvalue weighted by molar-refractivity contribution is 0.0999. The fourth-order valence-electron chi connectivity index (χ4n) is 5.24. The number of hydrogen-bond donors (Lipinski definition) is 2. The van der Waals surface area contributed by atoms with E-state index in [1.807, 2.05) is 24.4 Å². The number of ether oxygens (including phenoxy) is 1. The number of amides is 1. The van der Waals surface area contributed by atoms with Crippen molar-refractivity contribution in [3.63, 3.8) is 0 Å². The molecule has 2 fully saturated rings. The Labute approximate surface area is 200 Å². The SMILES string of the molecule is COCCN1CCC[C@@H]1CNc1ncc2cc(-c3c(C)ccc(C(N)=O)c3C3CC3)ccc2n1. The van der Waals surface area contributed by atoms with E-state index in [2.05, 4.69) is 34.3 Å². The third-order valence-electron chi connectivity index (χ3n) is 7.15. The molecule has 1 saturated carbocycles. The van der Waals surface area contributed by atoms with Crippen LogP contribution in [0.1, 0.15) is 53.1 Å². The largest absolute Gasteiger partial charge is 0.383 e. The second-order valence-corrected chi connectivity index (χ2v) is 9.53. The summed E-state index contributed by atoms with van der Waals surface area (Å²) in [5.41, 5.74) is 11.7. The summed E-state index contributed by atoms with van der Waals surface area (Å²) in [6.45, 7) is 5.77. The first-order valence-corrected chi connectivity index (χ1v) is 12.2. The molecule has 1 amide bonds. The smallest absolute Gasteiger partial charge is 0.249 e. The van der Waals surface area contributed by atoms with Crippen LogP contribution in [0.15, 0.2) is 36.5 Å². The first kappa shape index (κ1) is 22.7. The van der Waals surface area contributed by atoms with Crippen molar-refractivity contribution in [3.05, 3.63) is 53.2 Å². The minimum absolute atomic E-state index is 0.356. The molecule has 2 aliphatic rings. The van der Waals surface area contributed by atoms with Gasteiger partial charge in [0.15, 0.2) is 0 Å². The number of primary amides is 1. The highest BCUT2D eigenvalue weighted by Gasteiger charge is 2.31. The number of fused-ring (bicyclic) bond motifs is 1. The first-order valence-electron chi connectivity index (χ1n) is 12.2. The van der Waals surface area contributed by atoms with Crippen LogP contribution in [0.25, 0.3) is 22.0 Å². The third-order valence-corrected chi connectivity index (χ3v) is 7.15. The van der Waals surface area contributed by atoms with Gasteiger partial charge in [-0.15, -0.1) is 0 Å². The molecule has 3 aromatic rings. The summed E-state index contributed by atoms with van der Waals surface area (Å²) >= 11 is 0. The molecule has 0 unspecified atom stereocenters. The molecule has 178 valence electrons. The van der Waals surface area contributed by atoms with Gasteiger partial charge in [-0.25, -0.2) is 9.97 Å². The first-order chi connectivity index (χ1) is 16.5. The van der Waals surface area contributed by atoms with Crippen molar-refractivity contribution in [3.8, 4) is 11.1 Å². The van der Waals surface area contributed by atoms with E-state index in [1.165, 1.54) is 12.8 Å². The molecule has 7 heteroatoms. The summed E-state index contributed by atoms with van der Waals surface area (Å²) in [7, 11) is 1.75. The van der Waals surface area contributed by atoms with Crippen LogP contribution < -0.4 is 11.1 Å². The van der Waals surface area contributed by atoms with Gasteiger partial charge >= 0.3 is 0 Å². The zero-order valence-corrected chi connectivity index (χ0v) is 20.0. The standard InChI is InChI=1S/C27H33N5O2/c1-17-5-9-22(26(28)33)25(18-6-7-18)24(17)19-8-10-23-20(14-19)15-29-27(31-23)30-16-21-4-3-11-32(21)12-13-34-2/h5,8-10,14-15,18,21H,3-4,6-7,11-13,16H2,1-2H3,(H2,28,33)(H,29,30,31)/t21-/m1/s1. The number of nitrogens with zero attached hydrogens (tertiary/aromatic N) is 3. The fraction of sp³-hybridized carbons (Fsp3) is 0.444. The molecule has 2 heterocycles. The number of methoxy groups -OCH3 is 1. The van der Waals surface area contributed by atoms with Crippen LogP contribution in [0.2, 0.25) is 0 Å². The van der Waals surface area contributed by atoms with Crippen LogP contribution in [0.3, 0.4) is 0 Å².